The standard InChI is InChI=1S/C44H37NO/c1-3-13-30-23-25-41-39(27-30)44(37-21-10-8-19-35(37)43(46)36-20-9-11-22-38(36)44)40-28-31(14-4-2)24-26-42(40)45(41)34-18-12-17-33(29-34)32-15-6-5-7-16-32/h5-12,15-29H,3-4,13-14H2,1-2H3. The predicted octanol–water partition coefficient (Wildman–Crippen LogP) is 11.0. The molecule has 1 spiro atoms. The molecule has 0 bridgehead atoms. The van der Waals surface area contributed by atoms with Crippen molar-refractivity contribution in [2.24, 2.45) is 0 Å². The fourth-order valence-corrected chi connectivity index (χ4v) is 7.94. The van der Waals surface area contributed by atoms with Gasteiger partial charge in [-0.05, 0) is 81.6 Å². The van der Waals surface area contributed by atoms with Gasteiger partial charge in [-0.1, -0.05) is 142 Å². The number of rotatable bonds is 6. The normalized spacial score (nSPS) is 14.0. The van der Waals surface area contributed by atoms with Gasteiger partial charge in [-0.2, -0.15) is 0 Å². The topological polar surface area (TPSA) is 20.3 Å². The maximum absolute atomic E-state index is 14.1. The lowest BCUT2D eigenvalue weighted by Gasteiger charge is -2.49. The van der Waals surface area contributed by atoms with Gasteiger partial charge in [0.2, 0.25) is 0 Å². The number of fused-ring (bicyclic) bond motifs is 8. The highest BCUT2D eigenvalue weighted by Crippen LogP contribution is 2.60. The third-order valence-electron chi connectivity index (χ3n) is 9.85. The van der Waals surface area contributed by atoms with Crippen molar-refractivity contribution in [3.63, 3.8) is 0 Å². The lowest BCUT2D eigenvalue weighted by atomic mass is 9.57. The van der Waals surface area contributed by atoms with Crippen molar-refractivity contribution >= 4 is 22.8 Å². The van der Waals surface area contributed by atoms with E-state index in [4.69, 9.17) is 0 Å². The Balaban J connectivity index is 1.50. The van der Waals surface area contributed by atoms with Crippen molar-refractivity contribution in [2.45, 2.75) is 44.9 Å². The number of anilines is 3. The van der Waals surface area contributed by atoms with Crippen LogP contribution in [0.3, 0.4) is 0 Å². The Bertz CT molecular complexity index is 2000. The molecule has 0 fully saturated rings. The molecule has 2 heteroatoms. The first-order valence-electron chi connectivity index (χ1n) is 16.6. The molecule has 2 aliphatic rings. The summed E-state index contributed by atoms with van der Waals surface area (Å²) in [5.41, 5.74) is 14.0. The fraction of sp³-hybridized carbons (Fsp3) is 0.159. The molecule has 0 aromatic heterocycles. The van der Waals surface area contributed by atoms with Crippen molar-refractivity contribution in [1.29, 1.82) is 0 Å². The van der Waals surface area contributed by atoms with Gasteiger partial charge in [0.1, 0.15) is 0 Å². The highest BCUT2D eigenvalue weighted by atomic mass is 16.1. The molecule has 0 atom stereocenters. The van der Waals surface area contributed by atoms with Crippen LogP contribution in [0.5, 0.6) is 0 Å². The Morgan fingerprint density at radius 2 is 1.02 bits per heavy atom. The molecule has 0 saturated carbocycles. The number of hydrogen-bond acceptors (Lipinski definition) is 2. The molecule has 2 nitrogen and oxygen atoms in total. The van der Waals surface area contributed by atoms with Gasteiger partial charge in [0, 0.05) is 16.8 Å². The third kappa shape index (κ3) is 4.20. The zero-order chi connectivity index (χ0) is 31.3. The molecule has 0 N–H and O–H groups in total. The molecule has 1 aliphatic heterocycles. The van der Waals surface area contributed by atoms with Gasteiger partial charge < -0.3 is 4.90 Å². The van der Waals surface area contributed by atoms with Crippen molar-refractivity contribution in [1.82, 2.24) is 0 Å². The summed E-state index contributed by atoms with van der Waals surface area (Å²) in [4.78, 5) is 16.6. The van der Waals surface area contributed by atoms with E-state index in [0.29, 0.717) is 0 Å². The quantitative estimate of drug-likeness (QED) is 0.191. The number of hydrogen-bond donors (Lipinski definition) is 0. The molecule has 1 heterocycles. The number of ketones is 1. The Labute approximate surface area is 272 Å². The number of benzene rings is 6. The highest BCUT2D eigenvalue weighted by molar-refractivity contribution is 6.14. The molecular weight excluding hydrogens is 558 g/mol. The van der Waals surface area contributed by atoms with Crippen molar-refractivity contribution in [2.75, 3.05) is 4.90 Å². The van der Waals surface area contributed by atoms with Crippen LogP contribution >= 0.6 is 0 Å². The monoisotopic (exact) mass is 595 g/mol. The molecule has 0 radical (unpaired) electrons. The largest absolute Gasteiger partial charge is 0.310 e. The van der Waals surface area contributed by atoms with Crippen molar-refractivity contribution in [3.05, 3.63) is 184 Å². The fourth-order valence-electron chi connectivity index (χ4n) is 7.94. The lowest BCUT2D eigenvalue weighted by Crippen LogP contribution is -2.42. The van der Waals surface area contributed by atoms with Crippen LogP contribution in [0, 0.1) is 0 Å². The smallest absolute Gasteiger partial charge is 0.193 e. The van der Waals surface area contributed by atoms with E-state index >= 15 is 0 Å². The second-order valence-corrected chi connectivity index (χ2v) is 12.6. The summed E-state index contributed by atoms with van der Waals surface area (Å²) < 4.78 is 0. The second-order valence-electron chi connectivity index (χ2n) is 12.6. The summed E-state index contributed by atoms with van der Waals surface area (Å²) in [6.45, 7) is 4.49. The minimum absolute atomic E-state index is 0.104. The van der Waals surface area contributed by atoms with E-state index in [0.717, 1.165) is 65.0 Å². The van der Waals surface area contributed by atoms with Crippen LogP contribution in [0.2, 0.25) is 0 Å². The van der Waals surface area contributed by atoms with Crippen LogP contribution in [0.4, 0.5) is 17.1 Å². The summed E-state index contributed by atoms with van der Waals surface area (Å²) in [6, 6.07) is 50.3. The zero-order valence-corrected chi connectivity index (χ0v) is 26.5. The minimum atomic E-state index is -0.646. The number of carbonyl (C=O) groups is 1. The van der Waals surface area contributed by atoms with Gasteiger partial charge in [-0.3, -0.25) is 4.79 Å². The first-order valence-corrected chi connectivity index (χ1v) is 16.6. The summed E-state index contributed by atoms with van der Waals surface area (Å²) in [6.07, 6.45) is 4.13. The van der Waals surface area contributed by atoms with Gasteiger partial charge >= 0.3 is 0 Å². The van der Waals surface area contributed by atoms with Gasteiger partial charge in [0.15, 0.2) is 5.78 Å². The molecule has 6 aromatic carbocycles. The van der Waals surface area contributed by atoms with Gasteiger partial charge in [0.25, 0.3) is 0 Å². The van der Waals surface area contributed by atoms with E-state index in [2.05, 4.69) is 134 Å². The third-order valence-corrected chi connectivity index (χ3v) is 9.85. The van der Waals surface area contributed by atoms with E-state index in [1.807, 2.05) is 24.3 Å². The van der Waals surface area contributed by atoms with Crippen LogP contribution < -0.4 is 4.90 Å². The molecule has 0 unspecified atom stereocenters. The first kappa shape index (κ1) is 28.3. The number of aryl methyl sites for hydroxylation is 2. The highest BCUT2D eigenvalue weighted by Gasteiger charge is 2.51. The summed E-state index contributed by atoms with van der Waals surface area (Å²) in [5, 5.41) is 0. The SMILES string of the molecule is CCCc1ccc2c(c1)C1(c3ccccc3C(=O)c3ccccc31)c1cc(CCC)ccc1N2c1cccc(-c2ccccc2)c1. The maximum atomic E-state index is 14.1. The van der Waals surface area contributed by atoms with E-state index in [1.165, 1.54) is 33.4 Å². The average molecular weight is 596 g/mol. The Kier molecular flexibility index (Phi) is 6.95. The molecule has 8 rings (SSSR count). The Morgan fingerprint density at radius 1 is 0.500 bits per heavy atom. The maximum Gasteiger partial charge on any atom is 0.193 e. The van der Waals surface area contributed by atoms with Crippen LogP contribution in [-0.2, 0) is 18.3 Å². The second kappa shape index (κ2) is 11.3. The van der Waals surface area contributed by atoms with E-state index < -0.39 is 5.41 Å². The number of carbonyl (C=O) groups excluding carboxylic acids is 1. The summed E-state index contributed by atoms with van der Waals surface area (Å²) in [5.74, 6) is 0.104. The van der Waals surface area contributed by atoms with Crippen molar-refractivity contribution in [3.8, 4) is 11.1 Å². The Morgan fingerprint density at radius 3 is 1.59 bits per heavy atom. The van der Waals surface area contributed by atoms with E-state index in [1.54, 1.807) is 0 Å². The summed E-state index contributed by atoms with van der Waals surface area (Å²) in [7, 11) is 0. The minimum Gasteiger partial charge on any atom is -0.310 e. The molecule has 46 heavy (non-hydrogen) atoms. The number of nitrogens with zero attached hydrogens (tertiary/aromatic N) is 1. The average Bonchev–Trinajstić information content (AvgIpc) is 3.11. The van der Waals surface area contributed by atoms with Crippen LogP contribution in [-0.4, -0.2) is 5.78 Å². The van der Waals surface area contributed by atoms with Gasteiger partial charge in [-0.15, -0.1) is 0 Å². The van der Waals surface area contributed by atoms with Gasteiger partial charge in [-0.25, -0.2) is 0 Å². The van der Waals surface area contributed by atoms with Gasteiger partial charge in [0.05, 0.1) is 16.8 Å². The van der Waals surface area contributed by atoms with E-state index in [-0.39, 0.29) is 5.78 Å². The molecule has 0 saturated heterocycles. The molecular formula is C44H37NO. The summed E-state index contributed by atoms with van der Waals surface area (Å²) >= 11 is 0. The molecule has 0 amide bonds. The molecule has 224 valence electrons. The van der Waals surface area contributed by atoms with E-state index in [9.17, 15) is 4.79 Å². The molecule has 6 aromatic rings. The zero-order valence-electron chi connectivity index (χ0n) is 26.5. The van der Waals surface area contributed by atoms with Crippen LogP contribution in [0.15, 0.2) is 140 Å². The molecule has 1 aliphatic carbocycles. The first-order chi connectivity index (χ1) is 22.6. The Hall–Kier alpha value is -5.21. The van der Waals surface area contributed by atoms with Crippen LogP contribution in [0.25, 0.3) is 11.1 Å². The van der Waals surface area contributed by atoms with Crippen LogP contribution in [0.1, 0.15) is 76.0 Å². The lowest BCUT2D eigenvalue weighted by molar-refractivity contribution is 0.103. The predicted molar refractivity (Wildman–Crippen MR) is 190 cm³/mol. The van der Waals surface area contributed by atoms with Crippen molar-refractivity contribution < 1.29 is 4.79 Å².